The monoisotopic (exact) mass is 526 g/mol. The number of ketones is 1. The summed E-state index contributed by atoms with van der Waals surface area (Å²) in [6.07, 6.45) is 26.7. The molecule has 0 aromatic rings. The fourth-order valence-electron chi connectivity index (χ4n) is 8.41. The maximum Gasteiger partial charge on any atom is 0.316 e. The van der Waals surface area contributed by atoms with Gasteiger partial charge in [-0.05, 0) is 43.9 Å². The molecule has 0 aromatic carbocycles. The lowest BCUT2D eigenvalue weighted by atomic mass is 9.43. The number of rotatable bonds is 14. The molecule has 0 radical (unpaired) electrons. The highest BCUT2D eigenvalue weighted by Crippen LogP contribution is 2.68. The molecule has 0 aromatic heterocycles. The molecule has 38 heavy (non-hydrogen) atoms. The Morgan fingerprint density at radius 2 is 1.47 bits per heavy atom. The Labute approximate surface area is 232 Å². The maximum atomic E-state index is 13.7. The van der Waals surface area contributed by atoms with Crippen molar-refractivity contribution < 1.29 is 19.4 Å². The van der Waals surface area contributed by atoms with E-state index in [2.05, 4.69) is 39.8 Å². The molecule has 1 aliphatic heterocycles. The summed E-state index contributed by atoms with van der Waals surface area (Å²) in [6, 6.07) is 0. The molecule has 4 heteroatoms. The number of hydrogen-bond donors (Lipinski definition) is 1. The minimum atomic E-state index is -1.40. The highest BCUT2D eigenvalue weighted by Gasteiger charge is 2.78. The predicted molar refractivity (Wildman–Crippen MR) is 154 cm³/mol. The Morgan fingerprint density at radius 3 is 2.11 bits per heavy atom. The molecule has 0 spiro atoms. The Kier molecular flexibility index (Phi) is 9.32. The highest BCUT2D eigenvalue weighted by atomic mass is 16.6. The first kappa shape index (κ1) is 29.6. The third-order valence-corrected chi connectivity index (χ3v) is 10.6. The van der Waals surface area contributed by atoms with Crippen LogP contribution in [0.25, 0.3) is 0 Å². The van der Waals surface area contributed by atoms with Gasteiger partial charge in [-0.3, -0.25) is 9.59 Å². The number of hydrogen-bond acceptors (Lipinski definition) is 4. The van der Waals surface area contributed by atoms with Crippen molar-refractivity contribution in [3.8, 4) is 0 Å². The van der Waals surface area contributed by atoms with Crippen molar-refractivity contribution in [3.63, 3.8) is 0 Å². The van der Waals surface area contributed by atoms with Crippen LogP contribution >= 0.6 is 0 Å². The van der Waals surface area contributed by atoms with Crippen LogP contribution in [0.2, 0.25) is 0 Å². The van der Waals surface area contributed by atoms with Crippen LogP contribution in [0.1, 0.15) is 143 Å². The van der Waals surface area contributed by atoms with Gasteiger partial charge in [-0.1, -0.05) is 123 Å². The average molecular weight is 527 g/mol. The number of aliphatic hydroxyl groups is 1. The van der Waals surface area contributed by atoms with Gasteiger partial charge in [0.2, 0.25) is 5.78 Å². The molecule has 2 saturated carbocycles. The van der Waals surface area contributed by atoms with Crippen LogP contribution in [0.3, 0.4) is 0 Å². The van der Waals surface area contributed by atoms with Gasteiger partial charge in [-0.25, -0.2) is 0 Å². The molecular formula is C34H54O4. The van der Waals surface area contributed by atoms with Gasteiger partial charge in [0.1, 0.15) is 11.0 Å². The Morgan fingerprint density at radius 1 is 0.868 bits per heavy atom. The van der Waals surface area contributed by atoms with Crippen molar-refractivity contribution in [3.05, 3.63) is 23.8 Å². The van der Waals surface area contributed by atoms with E-state index in [0.29, 0.717) is 18.4 Å². The van der Waals surface area contributed by atoms with Crippen LogP contribution in [0.4, 0.5) is 0 Å². The number of fused-ring (bicyclic) bond motifs is 1. The number of carbonyl (C=O) groups is 2. The van der Waals surface area contributed by atoms with Crippen molar-refractivity contribution in [2.24, 2.45) is 22.2 Å². The molecule has 4 aliphatic rings. The quantitative estimate of drug-likeness (QED) is 0.140. The Bertz CT molecular complexity index is 915. The van der Waals surface area contributed by atoms with Gasteiger partial charge < -0.3 is 9.84 Å². The van der Waals surface area contributed by atoms with Gasteiger partial charge in [-0.2, -0.15) is 0 Å². The fraction of sp³-hybridized carbons (Fsp3) is 0.824. The van der Waals surface area contributed by atoms with E-state index in [-0.39, 0.29) is 28.5 Å². The molecule has 1 unspecified atom stereocenters. The molecule has 0 amide bonds. The van der Waals surface area contributed by atoms with Crippen molar-refractivity contribution in [2.45, 2.75) is 155 Å². The van der Waals surface area contributed by atoms with Crippen LogP contribution in [-0.2, 0) is 14.3 Å². The van der Waals surface area contributed by atoms with Crippen molar-refractivity contribution >= 4 is 11.8 Å². The zero-order valence-corrected chi connectivity index (χ0v) is 24.8. The predicted octanol–water partition coefficient (Wildman–Crippen LogP) is 8.41. The lowest BCUT2D eigenvalue weighted by Gasteiger charge is -2.58. The largest absolute Gasteiger partial charge is 0.453 e. The van der Waals surface area contributed by atoms with Gasteiger partial charge in [0.25, 0.3) is 0 Å². The third-order valence-electron chi connectivity index (χ3n) is 10.6. The molecule has 1 saturated heterocycles. The smallest absolute Gasteiger partial charge is 0.316 e. The molecule has 214 valence electrons. The summed E-state index contributed by atoms with van der Waals surface area (Å²) in [5.74, 6) is -0.739. The Balaban J connectivity index is 1.27. The number of carbonyl (C=O) groups excluding carboxylic acids is 2. The first-order chi connectivity index (χ1) is 18.1. The molecule has 2 bridgehead atoms. The summed E-state index contributed by atoms with van der Waals surface area (Å²) in [7, 11) is 0. The lowest BCUT2D eigenvalue weighted by molar-refractivity contribution is -0.175. The molecular weight excluding hydrogens is 472 g/mol. The van der Waals surface area contributed by atoms with Crippen LogP contribution < -0.4 is 0 Å². The van der Waals surface area contributed by atoms with Crippen molar-refractivity contribution in [1.82, 2.24) is 0 Å². The minimum Gasteiger partial charge on any atom is -0.453 e. The van der Waals surface area contributed by atoms with E-state index < -0.39 is 17.1 Å². The number of unbranched alkanes of at least 4 members (excludes halogenated alkanes) is 12. The highest BCUT2D eigenvalue weighted by molar-refractivity contribution is 6.08. The van der Waals surface area contributed by atoms with E-state index in [0.717, 1.165) is 25.7 Å². The van der Waals surface area contributed by atoms with E-state index in [1.165, 1.54) is 77.0 Å². The zero-order chi connectivity index (χ0) is 27.4. The van der Waals surface area contributed by atoms with Crippen molar-refractivity contribution in [2.75, 3.05) is 0 Å². The van der Waals surface area contributed by atoms with Crippen LogP contribution in [-0.4, -0.2) is 28.6 Å². The number of ether oxygens (including phenoxy) is 1. The van der Waals surface area contributed by atoms with E-state index in [4.69, 9.17) is 4.74 Å². The SMILES string of the molecule is CCCCCCCCCCCCCC/C=C/[C@]1(C)C=C2C(=O)[C@H]3OC(=O)[C@@]4(CCCC(C)(C)C34)[C@@]2(O)CC1. The second kappa shape index (κ2) is 12.0. The molecule has 3 fully saturated rings. The molecule has 1 N–H and O–H groups in total. The number of esters is 1. The number of Topliss-reactive ketones (excluding diaryl/α,β-unsaturated/α-hetero) is 1. The van der Waals surface area contributed by atoms with Gasteiger partial charge in [0, 0.05) is 16.9 Å². The van der Waals surface area contributed by atoms with E-state index in [1.54, 1.807) is 0 Å². The second-order valence-electron chi connectivity index (χ2n) is 14.0. The zero-order valence-electron chi connectivity index (χ0n) is 24.8. The van der Waals surface area contributed by atoms with Crippen LogP contribution in [0.5, 0.6) is 0 Å². The summed E-state index contributed by atoms with van der Waals surface area (Å²) in [6.45, 7) is 8.70. The van der Waals surface area contributed by atoms with Crippen LogP contribution in [0.15, 0.2) is 23.8 Å². The minimum absolute atomic E-state index is 0.158. The van der Waals surface area contributed by atoms with Gasteiger partial charge in [-0.15, -0.1) is 0 Å². The Hall–Kier alpha value is -1.42. The first-order valence-corrected chi connectivity index (χ1v) is 16.0. The topological polar surface area (TPSA) is 63.6 Å². The van der Waals surface area contributed by atoms with Gasteiger partial charge in [0.05, 0.1) is 0 Å². The molecule has 5 atom stereocenters. The van der Waals surface area contributed by atoms with Crippen LogP contribution in [0, 0.1) is 22.2 Å². The summed E-state index contributed by atoms with van der Waals surface area (Å²) >= 11 is 0. The molecule has 4 rings (SSSR count). The van der Waals surface area contributed by atoms with Crippen molar-refractivity contribution in [1.29, 1.82) is 0 Å². The maximum absolute atomic E-state index is 13.7. The lowest BCUT2D eigenvalue weighted by Crippen LogP contribution is -2.67. The standard InChI is InChI=1S/C34H54O4/c1-5-6-7-8-9-10-11-12-13-14-15-16-17-18-21-32(4)23-24-34(37)26(25-32)27(35)28-29-31(2,3)20-19-22-33(29,34)30(36)38-28/h18,21,25,28-29,37H,5-17,19-20,22-24H2,1-4H3/b21-18+/t28-,29?,32+,33+,34-/m1/s1. The molecule has 1 heterocycles. The van der Waals surface area contributed by atoms with Gasteiger partial charge in [0.15, 0.2) is 6.10 Å². The summed E-state index contributed by atoms with van der Waals surface area (Å²) in [5.41, 5.74) is -2.41. The summed E-state index contributed by atoms with van der Waals surface area (Å²) in [5, 5.41) is 12.1. The third kappa shape index (κ3) is 5.45. The van der Waals surface area contributed by atoms with E-state index >= 15 is 0 Å². The van der Waals surface area contributed by atoms with E-state index in [9.17, 15) is 14.7 Å². The summed E-state index contributed by atoms with van der Waals surface area (Å²) < 4.78 is 5.78. The second-order valence-corrected chi connectivity index (χ2v) is 14.0. The van der Waals surface area contributed by atoms with Gasteiger partial charge >= 0.3 is 5.97 Å². The normalized spacial score (nSPS) is 35.7. The summed E-state index contributed by atoms with van der Waals surface area (Å²) in [4.78, 5) is 27.0. The first-order valence-electron chi connectivity index (χ1n) is 16.0. The van der Waals surface area contributed by atoms with E-state index in [1.807, 2.05) is 6.08 Å². The molecule has 4 nitrogen and oxygen atoms in total. The number of allylic oxidation sites excluding steroid dienone is 3. The fourth-order valence-corrected chi connectivity index (χ4v) is 8.41. The average Bonchev–Trinajstić information content (AvgIpc) is 3.17. The molecule has 3 aliphatic carbocycles.